The van der Waals surface area contributed by atoms with Gasteiger partial charge in [0.15, 0.2) is 0 Å². The standard InChI is InChI=1S/C9H15NOSi/c1-9(2,11-12)7-3-5-8(10)6-4-7/h3-6H,10H2,1-2,12H3. The van der Waals surface area contributed by atoms with Gasteiger partial charge in [-0.05, 0) is 31.5 Å². The van der Waals surface area contributed by atoms with Gasteiger partial charge in [0.25, 0.3) is 0 Å². The molecule has 0 aliphatic carbocycles. The van der Waals surface area contributed by atoms with E-state index >= 15 is 0 Å². The summed E-state index contributed by atoms with van der Waals surface area (Å²) < 4.78 is 5.46. The van der Waals surface area contributed by atoms with E-state index in [0.717, 1.165) is 16.2 Å². The number of hydrogen-bond donors (Lipinski definition) is 1. The van der Waals surface area contributed by atoms with Gasteiger partial charge in [0.05, 0.1) is 5.60 Å². The fourth-order valence-electron chi connectivity index (χ4n) is 1.00. The summed E-state index contributed by atoms with van der Waals surface area (Å²) in [5.74, 6) is 0. The summed E-state index contributed by atoms with van der Waals surface area (Å²) in [6.45, 7) is 4.12. The van der Waals surface area contributed by atoms with Crippen molar-refractivity contribution in [2.75, 3.05) is 5.73 Å². The maximum Gasteiger partial charge on any atom is 0.147 e. The Morgan fingerprint density at radius 1 is 1.25 bits per heavy atom. The predicted octanol–water partition coefficient (Wildman–Crippen LogP) is 0.801. The highest BCUT2D eigenvalue weighted by atomic mass is 28.2. The first-order valence-corrected chi connectivity index (χ1v) is 4.79. The molecular weight excluding hydrogens is 166 g/mol. The fourth-order valence-corrected chi connectivity index (χ4v) is 1.24. The molecule has 12 heavy (non-hydrogen) atoms. The first kappa shape index (κ1) is 9.29. The average Bonchev–Trinajstić information content (AvgIpc) is 2.05. The molecule has 1 rings (SSSR count). The van der Waals surface area contributed by atoms with Crippen LogP contribution in [-0.4, -0.2) is 10.5 Å². The lowest BCUT2D eigenvalue weighted by Gasteiger charge is -2.24. The minimum atomic E-state index is -0.167. The summed E-state index contributed by atoms with van der Waals surface area (Å²) in [6, 6.07) is 7.82. The lowest BCUT2D eigenvalue weighted by molar-refractivity contribution is 0.123. The van der Waals surface area contributed by atoms with Gasteiger partial charge in [0.2, 0.25) is 0 Å². The maximum absolute atomic E-state index is 5.58. The summed E-state index contributed by atoms with van der Waals surface area (Å²) in [5, 5.41) is 0. The molecule has 0 bridgehead atoms. The van der Waals surface area contributed by atoms with Crippen LogP contribution in [0.5, 0.6) is 0 Å². The van der Waals surface area contributed by atoms with Crippen LogP contribution in [0.25, 0.3) is 0 Å². The lowest BCUT2D eigenvalue weighted by Crippen LogP contribution is -2.19. The first-order valence-electron chi connectivity index (χ1n) is 3.97. The van der Waals surface area contributed by atoms with E-state index in [2.05, 4.69) is 13.8 Å². The van der Waals surface area contributed by atoms with Crippen LogP contribution in [0.15, 0.2) is 24.3 Å². The molecule has 0 unspecified atom stereocenters. The Hall–Kier alpha value is -0.803. The summed E-state index contributed by atoms with van der Waals surface area (Å²) in [5.41, 5.74) is 7.38. The van der Waals surface area contributed by atoms with Crippen molar-refractivity contribution in [2.45, 2.75) is 19.4 Å². The molecule has 66 valence electrons. The largest absolute Gasteiger partial charge is 0.419 e. The number of benzene rings is 1. The zero-order valence-electron chi connectivity index (χ0n) is 7.79. The van der Waals surface area contributed by atoms with Gasteiger partial charge in [-0.2, -0.15) is 0 Å². The van der Waals surface area contributed by atoms with Crippen molar-refractivity contribution in [3.63, 3.8) is 0 Å². The number of anilines is 1. The number of rotatable bonds is 2. The van der Waals surface area contributed by atoms with Crippen LogP contribution in [0.2, 0.25) is 0 Å². The maximum atomic E-state index is 5.58. The molecule has 0 saturated carbocycles. The molecule has 1 aromatic carbocycles. The second-order valence-electron chi connectivity index (χ2n) is 3.34. The first-order chi connectivity index (χ1) is 5.56. The molecule has 2 nitrogen and oxygen atoms in total. The lowest BCUT2D eigenvalue weighted by atomic mass is 9.98. The molecule has 0 amide bonds. The van der Waals surface area contributed by atoms with Crippen molar-refractivity contribution in [1.82, 2.24) is 0 Å². The molecule has 3 heteroatoms. The second-order valence-corrected chi connectivity index (χ2v) is 3.74. The Labute approximate surface area is 76.3 Å². The third kappa shape index (κ3) is 1.87. The molecule has 0 aliphatic heterocycles. The number of nitrogens with two attached hydrogens (primary N) is 1. The van der Waals surface area contributed by atoms with Crippen molar-refractivity contribution >= 4 is 16.2 Å². The van der Waals surface area contributed by atoms with Gasteiger partial charge in [-0.1, -0.05) is 12.1 Å². The van der Waals surface area contributed by atoms with E-state index in [9.17, 15) is 0 Å². The zero-order valence-corrected chi connectivity index (χ0v) is 9.79. The van der Waals surface area contributed by atoms with Crippen LogP contribution >= 0.6 is 0 Å². The molecule has 0 spiro atoms. The molecule has 0 saturated heterocycles. The van der Waals surface area contributed by atoms with Crippen molar-refractivity contribution in [3.8, 4) is 0 Å². The van der Waals surface area contributed by atoms with E-state index < -0.39 is 0 Å². The Kier molecular flexibility index (Phi) is 2.54. The summed E-state index contributed by atoms with van der Waals surface area (Å²) in [7, 11) is 0.749. The van der Waals surface area contributed by atoms with E-state index in [1.807, 2.05) is 24.3 Å². The van der Waals surface area contributed by atoms with Gasteiger partial charge in [0.1, 0.15) is 10.5 Å². The van der Waals surface area contributed by atoms with Gasteiger partial charge in [0, 0.05) is 5.69 Å². The molecular formula is C9H15NOSi. The van der Waals surface area contributed by atoms with E-state index in [1.165, 1.54) is 5.56 Å². The van der Waals surface area contributed by atoms with Crippen LogP contribution in [0.3, 0.4) is 0 Å². The van der Waals surface area contributed by atoms with Gasteiger partial charge in [-0.25, -0.2) is 0 Å². The highest BCUT2D eigenvalue weighted by molar-refractivity contribution is 5.98. The molecule has 0 aromatic heterocycles. The van der Waals surface area contributed by atoms with E-state index in [0.29, 0.717) is 0 Å². The second kappa shape index (κ2) is 3.29. The normalized spacial score (nSPS) is 11.8. The van der Waals surface area contributed by atoms with Gasteiger partial charge < -0.3 is 10.2 Å². The smallest absolute Gasteiger partial charge is 0.147 e. The zero-order chi connectivity index (χ0) is 9.19. The summed E-state index contributed by atoms with van der Waals surface area (Å²) in [4.78, 5) is 0. The molecule has 0 radical (unpaired) electrons. The van der Waals surface area contributed by atoms with E-state index in [1.54, 1.807) is 0 Å². The Morgan fingerprint density at radius 3 is 2.17 bits per heavy atom. The molecule has 1 aromatic rings. The number of nitrogen functional groups attached to an aromatic ring is 1. The molecule has 0 aliphatic rings. The summed E-state index contributed by atoms with van der Waals surface area (Å²) in [6.07, 6.45) is 0. The molecule has 0 atom stereocenters. The minimum Gasteiger partial charge on any atom is -0.419 e. The molecule has 0 fully saturated rings. The highest BCUT2D eigenvalue weighted by Gasteiger charge is 2.17. The van der Waals surface area contributed by atoms with Crippen molar-refractivity contribution in [2.24, 2.45) is 0 Å². The SMILES string of the molecule is CC(C)(O[SiH3])c1ccc(N)cc1. The summed E-state index contributed by atoms with van der Waals surface area (Å²) >= 11 is 0. The minimum absolute atomic E-state index is 0.167. The van der Waals surface area contributed by atoms with Crippen LogP contribution in [0.4, 0.5) is 5.69 Å². The van der Waals surface area contributed by atoms with Crippen molar-refractivity contribution in [1.29, 1.82) is 0 Å². The number of hydrogen-bond acceptors (Lipinski definition) is 2. The quantitative estimate of drug-likeness (QED) is 0.541. The van der Waals surface area contributed by atoms with Crippen LogP contribution in [-0.2, 0) is 10.0 Å². The Bertz CT molecular complexity index is 256. The van der Waals surface area contributed by atoms with E-state index in [-0.39, 0.29) is 5.60 Å². The fraction of sp³-hybridized carbons (Fsp3) is 0.333. The predicted molar refractivity (Wildman–Crippen MR) is 54.9 cm³/mol. The average molecular weight is 181 g/mol. The van der Waals surface area contributed by atoms with Gasteiger partial charge in [-0.15, -0.1) is 0 Å². The Balaban J connectivity index is 2.96. The Morgan fingerprint density at radius 2 is 1.75 bits per heavy atom. The van der Waals surface area contributed by atoms with Gasteiger partial charge in [-0.3, -0.25) is 0 Å². The topological polar surface area (TPSA) is 35.2 Å². The molecule has 2 N–H and O–H groups in total. The van der Waals surface area contributed by atoms with Crippen LogP contribution in [0.1, 0.15) is 19.4 Å². The van der Waals surface area contributed by atoms with Crippen molar-refractivity contribution < 1.29 is 4.43 Å². The van der Waals surface area contributed by atoms with E-state index in [4.69, 9.17) is 10.2 Å². The van der Waals surface area contributed by atoms with Crippen LogP contribution in [0, 0.1) is 0 Å². The monoisotopic (exact) mass is 181 g/mol. The third-order valence-electron chi connectivity index (χ3n) is 2.12. The third-order valence-corrected chi connectivity index (χ3v) is 3.14. The van der Waals surface area contributed by atoms with Gasteiger partial charge >= 0.3 is 0 Å². The van der Waals surface area contributed by atoms with Crippen molar-refractivity contribution in [3.05, 3.63) is 29.8 Å². The van der Waals surface area contributed by atoms with Crippen LogP contribution < -0.4 is 5.73 Å². The highest BCUT2D eigenvalue weighted by Crippen LogP contribution is 2.23. The molecule has 0 heterocycles.